The Morgan fingerprint density at radius 3 is 2.76 bits per heavy atom. The Kier molecular flexibility index (Phi) is 5.70. The number of hydrogen-bond acceptors (Lipinski definition) is 3. The lowest BCUT2D eigenvalue weighted by Gasteiger charge is -2.40. The zero-order valence-electron chi connectivity index (χ0n) is 10.4. The summed E-state index contributed by atoms with van der Waals surface area (Å²) in [6, 6.07) is 0.213. The molecule has 2 N–H and O–H groups in total. The van der Waals surface area contributed by atoms with Gasteiger partial charge in [-0.25, -0.2) is 0 Å². The molecule has 5 heteroatoms. The second-order valence-corrected chi connectivity index (χ2v) is 4.96. The molecular formula is C12H23ClN2O2. The first kappa shape index (κ1) is 14.7. The Labute approximate surface area is 109 Å². The number of piperidine rings is 1. The molecule has 2 rings (SSSR count). The number of ether oxygens (including phenoxy) is 1. The molecule has 0 aromatic rings. The van der Waals surface area contributed by atoms with Crippen LogP contribution in [0.3, 0.4) is 0 Å². The Balaban J connectivity index is 0.00000144. The largest absolute Gasteiger partial charge is 0.368 e. The molecule has 100 valence electrons. The van der Waals surface area contributed by atoms with Crippen LogP contribution in [0.15, 0.2) is 0 Å². The molecule has 4 nitrogen and oxygen atoms in total. The highest BCUT2D eigenvalue weighted by atomic mass is 35.5. The molecule has 2 unspecified atom stereocenters. The highest BCUT2D eigenvalue weighted by Crippen LogP contribution is 2.25. The maximum absolute atomic E-state index is 12.3. The topological polar surface area (TPSA) is 55.6 Å². The van der Waals surface area contributed by atoms with Crippen molar-refractivity contribution in [1.82, 2.24) is 4.90 Å². The van der Waals surface area contributed by atoms with Crippen molar-refractivity contribution in [2.45, 2.75) is 44.8 Å². The summed E-state index contributed by atoms with van der Waals surface area (Å²) in [6.07, 6.45) is 3.96. The van der Waals surface area contributed by atoms with Crippen molar-refractivity contribution in [2.75, 3.05) is 19.7 Å². The third kappa shape index (κ3) is 3.12. The fraction of sp³-hybridized carbons (Fsp3) is 0.917. The minimum absolute atomic E-state index is 0. The second-order valence-electron chi connectivity index (χ2n) is 4.96. The summed E-state index contributed by atoms with van der Waals surface area (Å²) in [5, 5.41) is 0. The Bertz CT molecular complexity index is 257. The summed E-state index contributed by atoms with van der Waals surface area (Å²) >= 11 is 0. The van der Waals surface area contributed by atoms with Gasteiger partial charge >= 0.3 is 0 Å². The lowest BCUT2D eigenvalue weighted by atomic mass is 9.90. The average molecular weight is 263 g/mol. The predicted octanol–water partition coefficient (Wildman–Crippen LogP) is 1.17. The first-order chi connectivity index (χ1) is 7.74. The Morgan fingerprint density at radius 2 is 2.18 bits per heavy atom. The van der Waals surface area contributed by atoms with Crippen LogP contribution in [-0.2, 0) is 9.53 Å². The van der Waals surface area contributed by atoms with E-state index in [9.17, 15) is 4.79 Å². The van der Waals surface area contributed by atoms with E-state index >= 15 is 0 Å². The van der Waals surface area contributed by atoms with Crippen molar-refractivity contribution in [3.05, 3.63) is 0 Å². The Hall–Kier alpha value is -0.320. The first-order valence-corrected chi connectivity index (χ1v) is 6.36. The number of rotatable bonds is 2. The van der Waals surface area contributed by atoms with Crippen LogP contribution in [0, 0.1) is 5.92 Å². The summed E-state index contributed by atoms with van der Waals surface area (Å²) in [7, 11) is 0. The summed E-state index contributed by atoms with van der Waals surface area (Å²) < 4.78 is 5.46. The average Bonchev–Trinajstić information content (AvgIpc) is 2.81. The molecule has 0 spiro atoms. The molecule has 0 bridgehead atoms. The number of carbonyl (C=O) groups excluding carboxylic acids is 1. The smallest absolute Gasteiger partial charge is 0.252 e. The summed E-state index contributed by atoms with van der Waals surface area (Å²) in [5.41, 5.74) is 5.79. The number of amides is 1. The van der Waals surface area contributed by atoms with E-state index in [1.807, 2.05) is 4.90 Å². The molecule has 2 heterocycles. The molecule has 2 aliphatic heterocycles. The molecule has 2 saturated heterocycles. The van der Waals surface area contributed by atoms with Crippen molar-refractivity contribution in [3.63, 3.8) is 0 Å². The first-order valence-electron chi connectivity index (χ1n) is 6.36. The van der Waals surface area contributed by atoms with Gasteiger partial charge in [0.15, 0.2) is 0 Å². The van der Waals surface area contributed by atoms with Gasteiger partial charge in [-0.2, -0.15) is 0 Å². The van der Waals surface area contributed by atoms with Crippen LogP contribution in [0.5, 0.6) is 0 Å². The third-order valence-electron chi connectivity index (χ3n) is 3.85. The highest BCUT2D eigenvalue weighted by Gasteiger charge is 2.35. The van der Waals surface area contributed by atoms with E-state index in [-0.39, 0.29) is 30.5 Å². The molecule has 17 heavy (non-hydrogen) atoms. The van der Waals surface area contributed by atoms with Crippen LogP contribution in [0.1, 0.15) is 32.6 Å². The van der Waals surface area contributed by atoms with Gasteiger partial charge in [-0.05, 0) is 31.6 Å². The van der Waals surface area contributed by atoms with Crippen LogP contribution < -0.4 is 5.73 Å². The molecule has 0 aromatic heterocycles. The normalized spacial score (nSPS) is 33.3. The van der Waals surface area contributed by atoms with E-state index in [0.717, 1.165) is 32.4 Å². The molecule has 3 atom stereocenters. The van der Waals surface area contributed by atoms with Crippen LogP contribution in [0.2, 0.25) is 0 Å². The van der Waals surface area contributed by atoms with E-state index in [1.54, 1.807) is 0 Å². The zero-order chi connectivity index (χ0) is 11.5. The number of nitrogens with two attached hydrogens (primary N) is 1. The zero-order valence-corrected chi connectivity index (χ0v) is 11.2. The number of halogens is 1. The fourth-order valence-corrected chi connectivity index (χ4v) is 2.84. The SMILES string of the molecule is CC1CCCN(C(=O)[C@H]2CCCO2)C1CN.Cl. The van der Waals surface area contributed by atoms with Crippen LogP contribution in [0.25, 0.3) is 0 Å². The van der Waals surface area contributed by atoms with Gasteiger partial charge in [0.25, 0.3) is 5.91 Å². The quantitative estimate of drug-likeness (QED) is 0.813. The van der Waals surface area contributed by atoms with Crippen LogP contribution >= 0.6 is 12.4 Å². The van der Waals surface area contributed by atoms with Gasteiger partial charge in [-0.15, -0.1) is 12.4 Å². The van der Waals surface area contributed by atoms with E-state index in [1.165, 1.54) is 6.42 Å². The van der Waals surface area contributed by atoms with Crippen LogP contribution in [0.4, 0.5) is 0 Å². The summed E-state index contributed by atoms with van der Waals surface area (Å²) in [4.78, 5) is 14.2. The van der Waals surface area contributed by atoms with E-state index in [0.29, 0.717) is 12.5 Å². The summed E-state index contributed by atoms with van der Waals surface area (Å²) in [6.45, 7) is 4.34. The maximum Gasteiger partial charge on any atom is 0.252 e. The number of carbonyl (C=O) groups is 1. The molecule has 2 aliphatic rings. The van der Waals surface area contributed by atoms with Crippen molar-refractivity contribution >= 4 is 18.3 Å². The van der Waals surface area contributed by atoms with Gasteiger partial charge < -0.3 is 15.4 Å². The van der Waals surface area contributed by atoms with Gasteiger partial charge in [0, 0.05) is 25.7 Å². The lowest BCUT2D eigenvalue weighted by molar-refractivity contribution is -0.145. The minimum atomic E-state index is -0.195. The number of nitrogens with zero attached hydrogens (tertiary/aromatic N) is 1. The van der Waals surface area contributed by atoms with E-state index in [2.05, 4.69) is 6.92 Å². The molecule has 2 fully saturated rings. The molecule has 1 amide bonds. The lowest BCUT2D eigenvalue weighted by Crippen LogP contribution is -2.54. The molecule has 0 aromatic carbocycles. The third-order valence-corrected chi connectivity index (χ3v) is 3.85. The van der Waals surface area contributed by atoms with Gasteiger partial charge in [0.2, 0.25) is 0 Å². The van der Waals surface area contributed by atoms with Crippen molar-refractivity contribution in [3.8, 4) is 0 Å². The minimum Gasteiger partial charge on any atom is -0.368 e. The van der Waals surface area contributed by atoms with Crippen molar-refractivity contribution in [1.29, 1.82) is 0 Å². The standard InChI is InChI=1S/C12H22N2O2.ClH/c1-9-4-2-6-14(10(9)8-13)12(15)11-5-3-7-16-11;/h9-11H,2-8,13H2,1H3;1H/t9?,10?,11-;/m1./s1. The highest BCUT2D eigenvalue weighted by molar-refractivity contribution is 5.85. The maximum atomic E-state index is 12.3. The molecule has 0 radical (unpaired) electrons. The van der Waals surface area contributed by atoms with Gasteiger partial charge in [-0.1, -0.05) is 6.92 Å². The molecular weight excluding hydrogens is 240 g/mol. The predicted molar refractivity (Wildman–Crippen MR) is 69.2 cm³/mol. The fourth-order valence-electron chi connectivity index (χ4n) is 2.84. The van der Waals surface area contributed by atoms with Gasteiger partial charge in [0.05, 0.1) is 0 Å². The van der Waals surface area contributed by atoms with Gasteiger partial charge in [0.1, 0.15) is 6.10 Å². The Morgan fingerprint density at radius 1 is 1.41 bits per heavy atom. The molecule has 0 aliphatic carbocycles. The number of likely N-dealkylation sites (tertiary alicyclic amines) is 1. The monoisotopic (exact) mass is 262 g/mol. The van der Waals surface area contributed by atoms with Gasteiger partial charge in [-0.3, -0.25) is 4.79 Å². The second kappa shape index (κ2) is 6.57. The number of hydrogen-bond donors (Lipinski definition) is 1. The summed E-state index contributed by atoms with van der Waals surface area (Å²) in [5.74, 6) is 0.684. The van der Waals surface area contributed by atoms with E-state index < -0.39 is 0 Å². The van der Waals surface area contributed by atoms with Crippen molar-refractivity contribution in [2.24, 2.45) is 11.7 Å². The van der Waals surface area contributed by atoms with Crippen molar-refractivity contribution < 1.29 is 9.53 Å². The molecule has 0 saturated carbocycles. The van der Waals surface area contributed by atoms with E-state index in [4.69, 9.17) is 10.5 Å². The van der Waals surface area contributed by atoms with Crippen LogP contribution in [-0.4, -0.2) is 42.6 Å².